The standard InChI is InChI=1S/C24H22N2O5/c1-14-7-12-17-19(13-14)23(29)26(22(17)28)20-6-4-3-5-18(20)21(27)25-16-10-8-15(9-11-16)24(30)31-2/h3-11,17,19H,12-13H2,1-2H3,(H,25,27)/t17-,19+/m1/s1. The van der Waals surface area contributed by atoms with Gasteiger partial charge >= 0.3 is 5.97 Å². The SMILES string of the molecule is COC(=O)c1ccc(NC(=O)c2ccccc2N2C(=O)[C@H]3CC(C)=CC[C@H]3C2=O)cc1. The Morgan fingerprint density at radius 1 is 1.00 bits per heavy atom. The lowest BCUT2D eigenvalue weighted by atomic mass is 9.82. The first-order valence-electron chi connectivity index (χ1n) is 10.0. The molecule has 2 aliphatic rings. The van der Waals surface area contributed by atoms with E-state index in [0.717, 1.165) is 10.5 Å². The molecule has 1 aliphatic heterocycles. The number of amides is 3. The van der Waals surface area contributed by atoms with Gasteiger partial charge in [0.15, 0.2) is 0 Å². The molecule has 1 aliphatic carbocycles. The van der Waals surface area contributed by atoms with Crippen molar-refractivity contribution in [2.24, 2.45) is 11.8 Å². The number of methoxy groups -OCH3 is 1. The summed E-state index contributed by atoms with van der Waals surface area (Å²) >= 11 is 0. The molecule has 3 amide bonds. The Labute approximate surface area is 179 Å². The molecule has 2 aromatic carbocycles. The third-order valence-corrected chi connectivity index (χ3v) is 5.78. The highest BCUT2D eigenvalue weighted by atomic mass is 16.5. The number of nitrogens with one attached hydrogen (secondary N) is 1. The molecule has 7 heteroatoms. The van der Waals surface area contributed by atoms with Gasteiger partial charge in [-0.1, -0.05) is 23.8 Å². The summed E-state index contributed by atoms with van der Waals surface area (Å²) < 4.78 is 4.67. The molecule has 31 heavy (non-hydrogen) atoms. The van der Waals surface area contributed by atoms with E-state index in [1.807, 2.05) is 13.0 Å². The van der Waals surface area contributed by atoms with E-state index in [9.17, 15) is 19.2 Å². The van der Waals surface area contributed by atoms with Crippen LogP contribution in [0.15, 0.2) is 60.2 Å². The second-order valence-corrected chi connectivity index (χ2v) is 7.76. The predicted molar refractivity (Wildman–Crippen MR) is 115 cm³/mol. The molecule has 2 aromatic rings. The number of para-hydroxylation sites is 1. The number of imide groups is 1. The number of carbonyl (C=O) groups is 4. The van der Waals surface area contributed by atoms with Crippen molar-refractivity contribution < 1.29 is 23.9 Å². The molecule has 0 aromatic heterocycles. The maximum atomic E-state index is 13.1. The minimum Gasteiger partial charge on any atom is -0.465 e. The first kappa shape index (κ1) is 20.5. The second kappa shape index (κ2) is 8.18. The van der Waals surface area contributed by atoms with Gasteiger partial charge in [0.2, 0.25) is 11.8 Å². The van der Waals surface area contributed by atoms with E-state index >= 15 is 0 Å². The first-order valence-corrected chi connectivity index (χ1v) is 10.0. The molecule has 0 radical (unpaired) electrons. The number of anilines is 2. The van der Waals surface area contributed by atoms with Crippen LogP contribution in [0.25, 0.3) is 0 Å². The summed E-state index contributed by atoms with van der Waals surface area (Å²) in [5.74, 6) is -2.20. The lowest BCUT2D eigenvalue weighted by Gasteiger charge is -2.19. The monoisotopic (exact) mass is 418 g/mol. The maximum absolute atomic E-state index is 13.1. The average Bonchev–Trinajstić information content (AvgIpc) is 3.03. The molecular formula is C24H22N2O5. The molecular weight excluding hydrogens is 396 g/mol. The Morgan fingerprint density at radius 2 is 1.68 bits per heavy atom. The predicted octanol–water partition coefficient (Wildman–Crippen LogP) is 3.57. The molecule has 0 saturated carbocycles. The van der Waals surface area contributed by atoms with Crippen LogP contribution in [0.3, 0.4) is 0 Å². The van der Waals surface area contributed by atoms with E-state index in [-0.39, 0.29) is 34.9 Å². The molecule has 1 N–H and O–H groups in total. The van der Waals surface area contributed by atoms with Crippen LogP contribution in [0.1, 0.15) is 40.5 Å². The van der Waals surface area contributed by atoms with Crippen LogP contribution in [0, 0.1) is 11.8 Å². The van der Waals surface area contributed by atoms with Gasteiger partial charge in [0, 0.05) is 5.69 Å². The average molecular weight is 418 g/mol. The number of fused-ring (bicyclic) bond motifs is 1. The molecule has 4 rings (SSSR count). The molecule has 1 fully saturated rings. The van der Waals surface area contributed by atoms with Crippen LogP contribution < -0.4 is 10.2 Å². The second-order valence-electron chi connectivity index (χ2n) is 7.76. The van der Waals surface area contributed by atoms with Crippen LogP contribution >= 0.6 is 0 Å². The number of rotatable bonds is 4. The summed E-state index contributed by atoms with van der Waals surface area (Å²) in [7, 11) is 1.30. The van der Waals surface area contributed by atoms with Crippen LogP contribution in [0.4, 0.5) is 11.4 Å². The maximum Gasteiger partial charge on any atom is 0.337 e. The Bertz CT molecular complexity index is 1100. The van der Waals surface area contributed by atoms with E-state index in [0.29, 0.717) is 24.1 Å². The van der Waals surface area contributed by atoms with Crippen LogP contribution in [-0.2, 0) is 14.3 Å². The van der Waals surface area contributed by atoms with E-state index in [4.69, 9.17) is 0 Å². The molecule has 0 spiro atoms. The lowest BCUT2D eigenvalue weighted by molar-refractivity contribution is -0.122. The fourth-order valence-electron chi connectivity index (χ4n) is 4.14. The number of hydrogen-bond acceptors (Lipinski definition) is 5. The number of allylic oxidation sites excluding steroid dienone is 2. The van der Waals surface area contributed by atoms with Crippen LogP contribution in [0.2, 0.25) is 0 Å². The molecule has 0 unspecified atom stereocenters. The van der Waals surface area contributed by atoms with Gasteiger partial charge in [0.25, 0.3) is 5.91 Å². The van der Waals surface area contributed by atoms with Gasteiger partial charge in [-0.3, -0.25) is 14.4 Å². The molecule has 2 atom stereocenters. The van der Waals surface area contributed by atoms with Crippen LogP contribution in [0.5, 0.6) is 0 Å². The highest BCUT2D eigenvalue weighted by molar-refractivity contribution is 6.25. The lowest BCUT2D eigenvalue weighted by Crippen LogP contribution is -2.33. The molecule has 1 saturated heterocycles. The van der Waals surface area contributed by atoms with Gasteiger partial charge in [0.1, 0.15) is 0 Å². The van der Waals surface area contributed by atoms with Gasteiger partial charge < -0.3 is 10.1 Å². The van der Waals surface area contributed by atoms with Crippen molar-refractivity contribution in [2.75, 3.05) is 17.3 Å². The smallest absolute Gasteiger partial charge is 0.337 e. The topological polar surface area (TPSA) is 92.8 Å². The van der Waals surface area contributed by atoms with Gasteiger partial charge in [-0.25, -0.2) is 9.69 Å². The number of benzene rings is 2. The fourth-order valence-corrected chi connectivity index (χ4v) is 4.14. The zero-order valence-corrected chi connectivity index (χ0v) is 17.3. The van der Waals surface area contributed by atoms with E-state index in [2.05, 4.69) is 10.1 Å². The summed E-state index contributed by atoms with van der Waals surface area (Å²) in [6.07, 6.45) is 3.11. The van der Waals surface area contributed by atoms with Crippen molar-refractivity contribution in [1.29, 1.82) is 0 Å². The Hall–Kier alpha value is -3.74. The van der Waals surface area contributed by atoms with Gasteiger partial charge in [-0.15, -0.1) is 0 Å². The van der Waals surface area contributed by atoms with Crippen molar-refractivity contribution in [2.45, 2.75) is 19.8 Å². The summed E-state index contributed by atoms with van der Waals surface area (Å²) in [6.45, 7) is 1.96. The first-order chi connectivity index (χ1) is 14.9. The van der Waals surface area contributed by atoms with Crippen molar-refractivity contribution in [3.63, 3.8) is 0 Å². The minimum absolute atomic E-state index is 0.226. The van der Waals surface area contributed by atoms with E-state index < -0.39 is 11.9 Å². The zero-order chi connectivity index (χ0) is 22.1. The summed E-state index contributed by atoms with van der Waals surface area (Å²) in [4.78, 5) is 51.8. The minimum atomic E-state index is -0.472. The third kappa shape index (κ3) is 3.74. The summed E-state index contributed by atoms with van der Waals surface area (Å²) in [5, 5.41) is 2.76. The number of ether oxygens (including phenoxy) is 1. The molecule has 7 nitrogen and oxygen atoms in total. The Kier molecular flexibility index (Phi) is 5.42. The number of hydrogen-bond donors (Lipinski definition) is 1. The highest BCUT2D eigenvalue weighted by Crippen LogP contribution is 2.40. The Balaban J connectivity index is 1.59. The van der Waals surface area contributed by atoms with E-state index in [1.165, 1.54) is 7.11 Å². The summed E-state index contributed by atoms with van der Waals surface area (Å²) in [6, 6.07) is 12.8. The molecule has 158 valence electrons. The van der Waals surface area contributed by atoms with Gasteiger partial charge in [-0.2, -0.15) is 0 Å². The quantitative estimate of drug-likeness (QED) is 0.466. The van der Waals surface area contributed by atoms with E-state index in [1.54, 1.807) is 48.5 Å². The number of esters is 1. The summed E-state index contributed by atoms with van der Waals surface area (Å²) in [5.41, 5.74) is 2.45. The Morgan fingerprint density at radius 3 is 2.39 bits per heavy atom. The van der Waals surface area contributed by atoms with Crippen molar-refractivity contribution in [3.05, 3.63) is 71.3 Å². The normalized spacial score (nSPS) is 20.2. The largest absolute Gasteiger partial charge is 0.465 e. The van der Waals surface area contributed by atoms with Gasteiger partial charge in [0.05, 0.1) is 35.8 Å². The van der Waals surface area contributed by atoms with Crippen molar-refractivity contribution in [1.82, 2.24) is 0 Å². The van der Waals surface area contributed by atoms with Crippen molar-refractivity contribution >= 4 is 35.1 Å². The van der Waals surface area contributed by atoms with Crippen molar-refractivity contribution in [3.8, 4) is 0 Å². The van der Waals surface area contributed by atoms with Gasteiger partial charge in [-0.05, 0) is 56.2 Å². The molecule has 0 bridgehead atoms. The zero-order valence-electron chi connectivity index (χ0n) is 17.3. The van der Waals surface area contributed by atoms with Crippen LogP contribution in [-0.4, -0.2) is 30.8 Å². The third-order valence-electron chi connectivity index (χ3n) is 5.78. The highest BCUT2D eigenvalue weighted by Gasteiger charge is 2.49. The molecule has 1 heterocycles. The fraction of sp³-hybridized carbons (Fsp3) is 0.250. The number of nitrogens with zero attached hydrogens (tertiary/aromatic N) is 1. The number of carbonyl (C=O) groups excluding carboxylic acids is 4.